The summed E-state index contributed by atoms with van der Waals surface area (Å²) in [6.07, 6.45) is 14.4. The van der Waals surface area contributed by atoms with Crippen molar-refractivity contribution in [3.05, 3.63) is 60.4 Å². The van der Waals surface area contributed by atoms with Crippen LogP contribution in [0.4, 0.5) is 0 Å². The van der Waals surface area contributed by atoms with E-state index in [0.717, 1.165) is 17.6 Å². The molecule has 104 valence electrons. The van der Waals surface area contributed by atoms with Gasteiger partial charge in [-0.3, -0.25) is 0 Å². The lowest BCUT2D eigenvalue weighted by molar-refractivity contribution is 1.26. The predicted molar refractivity (Wildman–Crippen MR) is 87.5 cm³/mol. The molecule has 0 fully saturated rings. The maximum absolute atomic E-state index is 5.27. The van der Waals surface area contributed by atoms with Crippen LogP contribution in [0.15, 0.2) is 60.4 Å². The summed E-state index contributed by atoms with van der Waals surface area (Å²) in [5, 5.41) is 0. The van der Waals surface area contributed by atoms with Crippen molar-refractivity contribution in [2.75, 3.05) is 0 Å². The molecule has 0 aliphatic carbocycles. The summed E-state index contributed by atoms with van der Waals surface area (Å²) in [4.78, 5) is 0. The van der Waals surface area contributed by atoms with Crippen LogP contribution in [0.2, 0.25) is 0 Å². The van der Waals surface area contributed by atoms with Gasteiger partial charge in [0, 0.05) is 0 Å². The molecule has 0 aromatic heterocycles. The minimum absolute atomic E-state index is 0.865. The van der Waals surface area contributed by atoms with Crippen LogP contribution in [0.1, 0.15) is 48.0 Å². The van der Waals surface area contributed by atoms with Crippen molar-refractivity contribution in [2.45, 2.75) is 48.0 Å². The van der Waals surface area contributed by atoms with Gasteiger partial charge in [-0.2, -0.15) is 0 Å². The van der Waals surface area contributed by atoms with Gasteiger partial charge in [0.15, 0.2) is 0 Å². The molecule has 0 saturated heterocycles. The minimum atomic E-state index is 0.865. The Labute approximate surface area is 114 Å². The largest absolute Gasteiger partial charge is 0.405 e. The van der Waals surface area contributed by atoms with Crippen molar-refractivity contribution >= 4 is 0 Å². The van der Waals surface area contributed by atoms with Gasteiger partial charge < -0.3 is 5.73 Å². The molecular weight excluding hydrogens is 218 g/mol. The summed E-state index contributed by atoms with van der Waals surface area (Å²) in [7, 11) is 0. The second-order valence-corrected chi connectivity index (χ2v) is 3.05. The fourth-order valence-electron chi connectivity index (χ4n) is 0.883. The number of hydrogen-bond acceptors (Lipinski definition) is 1. The van der Waals surface area contributed by atoms with E-state index in [1.807, 2.05) is 71.9 Å². The van der Waals surface area contributed by atoms with Gasteiger partial charge in [0.05, 0.1) is 0 Å². The average Bonchev–Trinajstić information content (AvgIpc) is 2.42. The van der Waals surface area contributed by atoms with E-state index in [-0.39, 0.29) is 0 Å². The highest BCUT2D eigenvalue weighted by molar-refractivity contribution is 5.24. The van der Waals surface area contributed by atoms with Gasteiger partial charge in [-0.05, 0) is 32.5 Å². The topological polar surface area (TPSA) is 26.0 Å². The van der Waals surface area contributed by atoms with E-state index in [2.05, 4.69) is 12.7 Å². The lowest BCUT2D eigenvalue weighted by Gasteiger charge is -1.94. The van der Waals surface area contributed by atoms with E-state index in [0.29, 0.717) is 0 Å². The third-order valence-electron chi connectivity index (χ3n) is 1.68. The second-order valence-electron chi connectivity index (χ2n) is 3.05. The van der Waals surface area contributed by atoms with Crippen LogP contribution < -0.4 is 5.73 Å². The summed E-state index contributed by atoms with van der Waals surface area (Å²) < 4.78 is 0. The normalized spacial score (nSPS) is 11.1. The molecule has 0 atom stereocenters. The van der Waals surface area contributed by atoms with Crippen LogP contribution >= 0.6 is 0 Å². The third kappa shape index (κ3) is 20.0. The van der Waals surface area contributed by atoms with Crippen molar-refractivity contribution in [1.29, 1.82) is 0 Å². The first kappa shape index (κ1) is 21.8. The van der Waals surface area contributed by atoms with E-state index in [9.17, 15) is 0 Å². The van der Waals surface area contributed by atoms with Gasteiger partial charge >= 0.3 is 0 Å². The Bertz CT molecular complexity index is 278. The molecule has 0 heterocycles. The third-order valence-corrected chi connectivity index (χ3v) is 1.68. The van der Waals surface area contributed by atoms with Crippen LogP contribution in [0, 0.1) is 0 Å². The van der Waals surface area contributed by atoms with Crippen LogP contribution in [-0.2, 0) is 0 Å². The van der Waals surface area contributed by atoms with Crippen LogP contribution in [-0.4, -0.2) is 0 Å². The lowest BCUT2D eigenvalue weighted by atomic mass is 10.1. The fraction of sp³-hybridized carbons (Fsp3) is 0.412. The quantitative estimate of drug-likeness (QED) is 0.636. The van der Waals surface area contributed by atoms with E-state index in [4.69, 9.17) is 5.73 Å². The maximum atomic E-state index is 5.27. The molecule has 18 heavy (non-hydrogen) atoms. The van der Waals surface area contributed by atoms with Gasteiger partial charge in [-0.25, -0.2) is 0 Å². The number of allylic oxidation sites excluding steroid dienone is 8. The highest BCUT2D eigenvalue weighted by Gasteiger charge is 1.85. The molecule has 0 aliphatic heterocycles. The predicted octanol–water partition coefficient (Wildman–Crippen LogP) is 5.54. The highest BCUT2D eigenvalue weighted by Crippen LogP contribution is 2.05. The first-order valence-corrected chi connectivity index (χ1v) is 6.73. The number of hydrogen-bond donors (Lipinski definition) is 1. The van der Waals surface area contributed by atoms with Gasteiger partial charge in [0.2, 0.25) is 0 Å². The maximum Gasteiger partial charge on any atom is -0.00598 e. The Hall–Kier alpha value is -1.50. The average molecular weight is 249 g/mol. The Kier molecular flexibility index (Phi) is 25.2. The molecule has 1 heteroatoms. The molecule has 0 amide bonds. The van der Waals surface area contributed by atoms with Gasteiger partial charge in [-0.1, -0.05) is 75.8 Å². The van der Waals surface area contributed by atoms with E-state index in [1.165, 1.54) is 0 Å². The van der Waals surface area contributed by atoms with Crippen molar-refractivity contribution in [1.82, 2.24) is 0 Å². The van der Waals surface area contributed by atoms with Crippen LogP contribution in [0.25, 0.3) is 0 Å². The monoisotopic (exact) mass is 249 g/mol. The van der Waals surface area contributed by atoms with Crippen molar-refractivity contribution < 1.29 is 0 Å². The van der Waals surface area contributed by atoms with Crippen LogP contribution in [0.3, 0.4) is 0 Å². The number of nitrogens with two attached hydrogens (primary N) is 1. The first-order chi connectivity index (χ1) is 8.70. The van der Waals surface area contributed by atoms with Crippen LogP contribution in [0.5, 0.6) is 0 Å². The van der Waals surface area contributed by atoms with Gasteiger partial charge in [0.25, 0.3) is 0 Å². The van der Waals surface area contributed by atoms with E-state index < -0.39 is 0 Å². The fourth-order valence-corrected chi connectivity index (χ4v) is 0.883. The van der Waals surface area contributed by atoms with Crippen molar-refractivity contribution in [2.24, 2.45) is 5.73 Å². The van der Waals surface area contributed by atoms with Gasteiger partial charge in [-0.15, -0.1) is 0 Å². The zero-order valence-electron chi connectivity index (χ0n) is 13.0. The Balaban J connectivity index is -0.000000506. The standard InChI is InChI=1S/C13H19N.2C2H6/c1-4-5-6-7-12(2)8-9-13(3)10-11-14;2*1-2/h4-7,9-11H,2,8,14H2,1,3H3;2*1-2H3/b5-4-,7-6-,11-10-,13-9-;;. The zero-order chi connectivity index (χ0) is 14.8. The first-order valence-electron chi connectivity index (χ1n) is 6.73. The molecule has 1 nitrogen and oxygen atoms in total. The molecule has 0 radical (unpaired) electrons. The van der Waals surface area contributed by atoms with E-state index in [1.54, 1.807) is 6.20 Å². The van der Waals surface area contributed by atoms with Crippen molar-refractivity contribution in [3.8, 4) is 0 Å². The summed E-state index contributed by atoms with van der Waals surface area (Å²) >= 11 is 0. The lowest BCUT2D eigenvalue weighted by Crippen LogP contribution is -1.78. The molecule has 2 N–H and O–H groups in total. The Morgan fingerprint density at radius 3 is 2.06 bits per heavy atom. The molecule has 0 aromatic carbocycles. The van der Waals surface area contributed by atoms with Gasteiger partial charge in [0.1, 0.15) is 0 Å². The van der Waals surface area contributed by atoms with Crippen molar-refractivity contribution in [3.63, 3.8) is 0 Å². The minimum Gasteiger partial charge on any atom is -0.405 e. The molecule has 0 bridgehead atoms. The SMILES string of the molecule is C=C(/C=C\C=C/C)C/C=C(C)\C=C/N.CC.CC. The summed E-state index contributed by atoms with van der Waals surface area (Å²) in [6, 6.07) is 0. The molecule has 0 unspecified atom stereocenters. The second kappa shape index (κ2) is 20.9. The zero-order valence-corrected chi connectivity index (χ0v) is 13.0. The molecule has 0 spiro atoms. The smallest absolute Gasteiger partial charge is 0.00598 e. The molecular formula is C17H31N. The highest BCUT2D eigenvalue weighted by atomic mass is 14.5. The summed E-state index contributed by atoms with van der Waals surface area (Å²) in [6.45, 7) is 15.9. The summed E-state index contributed by atoms with van der Waals surface area (Å²) in [5.41, 5.74) is 7.52. The number of rotatable bonds is 5. The molecule has 0 saturated carbocycles. The van der Waals surface area contributed by atoms with E-state index >= 15 is 0 Å². The molecule has 0 aliphatic rings. The molecule has 0 aromatic rings. The Morgan fingerprint density at radius 2 is 1.61 bits per heavy atom. The molecule has 0 rings (SSSR count). The summed E-state index contributed by atoms with van der Waals surface area (Å²) in [5.74, 6) is 0. The Morgan fingerprint density at radius 1 is 1.06 bits per heavy atom.